The monoisotopic (exact) mass is 188 g/mol. The van der Waals surface area contributed by atoms with Crippen LogP contribution in [-0.4, -0.2) is 11.0 Å². The average molecular weight is 188 g/mol. The largest absolute Gasteiger partial charge is 0.354 e. The van der Waals surface area contributed by atoms with E-state index < -0.39 is 18.2 Å². The summed E-state index contributed by atoms with van der Waals surface area (Å²) >= 11 is 0. The number of hydrogen-bond acceptors (Lipinski definition) is 1. The van der Waals surface area contributed by atoms with Crippen LogP contribution in [-0.2, 0) is 12.3 Å². The molecule has 1 unspecified atom stereocenters. The Morgan fingerprint density at radius 1 is 1.15 bits per heavy atom. The van der Waals surface area contributed by atoms with Crippen molar-refractivity contribution in [2.75, 3.05) is 0 Å². The summed E-state index contributed by atoms with van der Waals surface area (Å²) in [5.41, 5.74) is -0.155. The molecule has 1 atom stereocenters. The van der Waals surface area contributed by atoms with E-state index in [4.69, 9.17) is 5.11 Å². The molecular weight excluding hydrogens is 181 g/mol. The lowest BCUT2D eigenvalue weighted by Crippen LogP contribution is -2.37. The highest BCUT2D eigenvalue weighted by Gasteiger charge is 2.60. The van der Waals surface area contributed by atoms with Crippen LogP contribution in [0.2, 0.25) is 0 Å². The number of aliphatic hydroxyl groups is 1. The first-order valence-corrected chi connectivity index (χ1v) is 3.83. The standard InChI is InChI=1S/C9H7F3O/c10-8(11)5-6-3-1-2-4-7(6)9(8,12)13/h1-4,13H,5H2. The molecule has 0 amide bonds. The molecule has 1 aromatic carbocycles. The van der Waals surface area contributed by atoms with Gasteiger partial charge in [-0.15, -0.1) is 0 Å². The second-order valence-corrected chi connectivity index (χ2v) is 3.16. The molecule has 1 aliphatic rings. The molecule has 0 saturated heterocycles. The molecule has 0 spiro atoms. The van der Waals surface area contributed by atoms with Gasteiger partial charge in [-0.3, -0.25) is 0 Å². The molecule has 0 aromatic heterocycles. The summed E-state index contributed by atoms with van der Waals surface area (Å²) in [6.45, 7) is 0. The van der Waals surface area contributed by atoms with Crippen LogP contribution in [0.3, 0.4) is 0 Å². The first kappa shape index (κ1) is 8.56. The molecule has 0 fully saturated rings. The fraction of sp³-hybridized carbons (Fsp3) is 0.333. The van der Waals surface area contributed by atoms with E-state index in [1.165, 1.54) is 24.3 Å². The van der Waals surface area contributed by atoms with Gasteiger partial charge in [0.15, 0.2) is 0 Å². The van der Waals surface area contributed by atoms with E-state index in [1.807, 2.05) is 0 Å². The van der Waals surface area contributed by atoms with E-state index in [2.05, 4.69) is 0 Å². The molecule has 13 heavy (non-hydrogen) atoms. The summed E-state index contributed by atoms with van der Waals surface area (Å²) in [6.07, 6.45) is -0.740. The van der Waals surface area contributed by atoms with Crippen molar-refractivity contribution in [2.45, 2.75) is 18.2 Å². The Morgan fingerprint density at radius 3 is 2.38 bits per heavy atom. The zero-order valence-corrected chi connectivity index (χ0v) is 6.60. The third-order valence-electron chi connectivity index (χ3n) is 2.27. The van der Waals surface area contributed by atoms with Crippen LogP contribution in [0.15, 0.2) is 24.3 Å². The van der Waals surface area contributed by atoms with Crippen LogP contribution in [0, 0.1) is 0 Å². The lowest BCUT2D eigenvalue weighted by molar-refractivity contribution is -0.249. The second kappa shape index (κ2) is 2.26. The second-order valence-electron chi connectivity index (χ2n) is 3.16. The molecule has 0 radical (unpaired) electrons. The predicted molar refractivity (Wildman–Crippen MR) is 40.1 cm³/mol. The van der Waals surface area contributed by atoms with Crippen LogP contribution in [0.5, 0.6) is 0 Å². The highest BCUT2D eigenvalue weighted by molar-refractivity contribution is 5.38. The van der Waals surface area contributed by atoms with Gasteiger partial charge in [0.05, 0.1) is 0 Å². The van der Waals surface area contributed by atoms with Gasteiger partial charge in [0.1, 0.15) is 0 Å². The van der Waals surface area contributed by atoms with Gasteiger partial charge in [-0.1, -0.05) is 24.3 Å². The van der Waals surface area contributed by atoms with Crippen LogP contribution >= 0.6 is 0 Å². The van der Waals surface area contributed by atoms with Gasteiger partial charge >= 0.3 is 5.92 Å². The number of rotatable bonds is 0. The molecular formula is C9H7F3O. The maximum atomic E-state index is 13.2. The highest BCUT2D eigenvalue weighted by Crippen LogP contribution is 2.48. The van der Waals surface area contributed by atoms with Crippen molar-refractivity contribution < 1.29 is 18.3 Å². The SMILES string of the molecule is OC1(F)c2ccccc2CC1(F)F. The quantitative estimate of drug-likeness (QED) is 0.660. The van der Waals surface area contributed by atoms with E-state index >= 15 is 0 Å². The summed E-state index contributed by atoms with van der Waals surface area (Å²) in [6, 6.07) is 5.53. The number of benzene rings is 1. The molecule has 1 N–H and O–H groups in total. The fourth-order valence-electron chi connectivity index (χ4n) is 1.55. The molecule has 1 aromatic rings. The minimum absolute atomic E-state index is 0.164. The Morgan fingerprint density at radius 2 is 1.77 bits per heavy atom. The van der Waals surface area contributed by atoms with Crippen molar-refractivity contribution >= 4 is 0 Å². The molecule has 0 heterocycles. The summed E-state index contributed by atoms with van der Waals surface area (Å²) in [4.78, 5) is 0. The van der Waals surface area contributed by atoms with Crippen LogP contribution < -0.4 is 0 Å². The number of hydrogen-bond donors (Lipinski definition) is 1. The van der Waals surface area contributed by atoms with Crippen molar-refractivity contribution in [3.63, 3.8) is 0 Å². The zero-order chi connectivity index (χ0) is 9.69. The lowest BCUT2D eigenvalue weighted by atomic mass is 10.1. The van der Waals surface area contributed by atoms with Crippen molar-refractivity contribution in [3.8, 4) is 0 Å². The number of alkyl halides is 3. The summed E-state index contributed by atoms with van der Waals surface area (Å²) in [5.74, 6) is -7.22. The average Bonchev–Trinajstić information content (AvgIpc) is 2.20. The van der Waals surface area contributed by atoms with E-state index in [9.17, 15) is 13.2 Å². The maximum absolute atomic E-state index is 13.2. The van der Waals surface area contributed by atoms with Crippen molar-refractivity contribution in [2.24, 2.45) is 0 Å². The zero-order valence-electron chi connectivity index (χ0n) is 6.60. The Labute approximate surface area is 72.8 Å². The Hall–Kier alpha value is -1.03. The highest BCUT2D eigenvalue weighted by atomic mass is 19.3. The van der Waals surface area contributed by atoms with E-state index in [0.29, 0.717) is 0 Å². The molecule has 70 valence electrons. The molecule has 4 heteroatoms. The fourth-order valence-corrected chi connectivity index (χ4v) is 1.55. The first-order chi connectivity index (χ1) is 5.95. The van der Waals surface area contributed by atoms with Crippen LogP contribution in [0.25, 0.3) is 0 Å². The topological polar surface area (TPSA) is 20.2 Å². The Balaban J connectivity index is 2.60. The first-order valence-electron chi connectivity index (χ1n) is 3.83. The van der Waals surface area contributed by atoms with Gasteiger partial charge in [-0.25, -0.2) is 4.39 Å². The van der Waals surface area contributed by atoms with E-state index in [1.54, 1.807) is 0 Å². The van der Waals surface area contributed by atoms with Gasteiger partial charge in [0.25, 0.3) is 5.85 Å². The number of halogens is 3. The molecule has 0 bridgehead atoms. The minimum atomic E-state index is -3.71. The molecule has 0 saturated carbocycles. The summed E-state index contributed by atoms with van der Waals surface area (Å²) in [5, 5.41) is 8.96. The minimum Gasteiger partial charge on any atom is -0.354 e. The van der Waals surface area contributed by atoms with E-state index in [-0.39, 0.29) is 11.1 Å². The third kappa shape index (κ3) is 0.983. The molecule has 1 aliphatic carbocycles. The Kier molecular flexibility index (Phi) is 1.49. The smallest absolute Gasteiger partial charge is 0.313 e. The van der Waals surface area contributed by atoms with Crippen LogP contribution in [0.1, 0.15) is 11.1 Å². The number of fused-ring (bicyclic) bond motifs is 1. The lowest BCUT2D eigenvalue weighted by Gasteiger charge is -2.21. The molecule has 2 rings (SSSR count). The van der Waals surface area contributed by atoms with Crippen molar-refractivity contribution in [3.05, 3.63) is 35.4 Å². The summed E-state index contributed by atoms with van der Waals surface area (Å²) < 4.78 is 39.0. The van der Waals surface area contributed by atoms with Gasteiger partial charge in [0.2, 0.25) is 0 Å². The van der Waals surface area contributed by atoms with Gasteiger partial charge < -0.3 is 5.11 Å². The molecule has 1 nitrogen and oxygen atoms in total. The van der Waals surface area contributed by atoms with Gasteiger partial charge in [0, 0.05) is 12.0 Å². The van der Waals surface area contributed by atoms with Gasteiger partial charge in [-0.2, -0.15) is 8.78 Å². The van der Waals surface area contributed by atoms with Crippen molar-refractivity contribution in [1.82, 2.24) is 0 Å². The van der Waals surface area contributed by atoms with Crippen molar-refractivity contribution in [1.29, 1.82) is 0 Å². The molecule has 0 aliphatic heterocycles. The van der Waals surface area contributed by atoms with E-state index in [0.717, 1.165) is 0 Å². The third-order valence-corrected chi connectivity index (χ3v) is 2.27. The maximum Gasteiger partial charge on any atom is 0.313 e. The van der Waals surface area contributed by atoms with Gasteiger partial charge in [-0.05, 0) is 5.56 Å². The Bertz CT molecular complexity index is 346. The normalized spacial score (nSPS) is 30.2. The summed E-state index contributed by atoms with van der Waals surface area (Å²) in [7, 11) is 0. The predicted octanol–water partition coefficient (Wildman–Crippen LogP) is 1.99. The van der Waals surface area contributed by atoms with Crippen LogP contribution in [0.4, 0.5) is 13.2 Å².